The zero-order chi connectivity index (χ0) is 25.4. The van der Waals surface area contributed by atoms with Gasteiger partial charge in [0.05, 0.1) is 19.8 Å². The normalized spacial score (nSPS) is 16.9. The van der Waals surface area contributed by atoms with Gasteiger partial charge in [-0.15, -0.1) is 0 Å². The van der Waals surface area contributed by atoms with Gasteiger partial charge in [-0.2, -0.15) is 5.01 Å². The van der Waals surface area contributed by atoms with Crippen LogP contribution in [0.1, 0.15) is 52.4 Å². The molecule has 1 aromatic carbocycles. The van der Waals surface area contributed by atoms with Crippen LogP contribution >= 0.6 is 0 Å². The van der Waals surface area contributed by atoms with Crippen LogP contribution in [-0.2, 0) is 14.4 Å². The van der Waals surface area contributed by atoms with Gasteiger partial charge in [0, 0.05) is 24.7 Å². The summed E-state index contributed by atoms with van der Waals surface area (Å²) in [6.45, 7) is 5.03. The van der Waals surface area contributed by atoms with E-state index in [2.05, 4.69) is 16.1 Å². The first kappa shape index (κ1) is 26.3. The third kappa shape index (κ3) is 6.62. The number of rotatable bonds is 11. The van der Waals surface area contributed by atoms with Gasteiger partial charge in [-0.3, -0.25) is 24.7 Å². The lowest BCUT2D eigenvalue weighted by molar-refractivity contribution is -0.140. The number of hydrazine groups is 1. The fourth-order valence-corrected chi connectivity index (χ4v) is 4.34. The fourth-order valence-electron chi connectivity index (χ4n) is 4.34. The molecule has 35 heavy (non-hydrogen) atoms. The molecule has 11 heteroatoms. The Labute approximate surface area is 205 Å². The largest absolute Gasteiger partial charge is 0.490 e. The van der Waals surface area contributed by atoms with E-state index in [1.165, 1.54) is 0 Å². The summed E-state index contributed by atoms with van der Waals surface area (Å²) in [4.78, 5) is 51.6. The van der Waals surface area contributed by atoms with Gasteiger partial charge in [0.2, 0.25) is 11.8 Å². The fraction of sp³-hybridized carbons (Fsp3) is 0.583. The van der Waals surface area contributed by atoms with Crippen molar-refractivity contribution in [3.8, 4) is 11.5 Å². The van der Waals surface area contributed by atoms with E-state index in [-0.39, 0.29) is 25.4 Å². The molecule has 1 heterocycles. The number of amides is 5. The van der Waals surface area contributed by atoms with Crippen LogP contribution in [0.3, 0.4) is 0 Å². The number of hydrogen-bond donors (Lipinski definition) is 3. The van der Waals surface area contributed by atoms with Crippen LogP contribution in [0.25, 0.3) is 0 Å². The second kappa shape index (κ2) is 11.9. The van der Waals surface area contributed by atoms with Crippen LogP contribution in [0.15, 0.2) is 18.2 Å². The van der Waals surface area contributed by atoms with Gasteiger partial charge in [0.1, 0.15) is 5.54 Å². The van der Waals surface area contributed by atoms with Crippen molar-refractivity contribution in [3.05, 3.63) is 18.2 Å². The highest BCUT2D eigenvalue weighted by molar-refractivity contribution is 6.08. The van der Waals surface area contributed by atoms with Gasteiger partial charge in [-0.25, -0.2) is 4.79 Å². The van der Waals surface area contributed by atoms with Crippen molar-refractivity contribution < 1.29 is 28.7 Å². The zero-order valence-electron chi connectivity index (χ0n) is 20.6. The van der Waals surface area contributed by atoms with E-state index in [9.17, 15) is 19.2 Å². The van der Waals surface area contributed by atoms with E-state index in [1.807, 2.05) is 13.8 Å². The Kier molecular flexibility index (Phi) is 8.91. The van der Waals surface area contributed by atoms with Crippen LogP contribution in [0, 0.1) is 0 Å². The molecule has 3 N–H and O–H groups in total. The van der Waals surface area contributed by atoms with Gasteiger partial charge in [-0.1, -0.05) is 19.3 Å². The molecule has 0 unspecified atom stereocenters. The summed E-state index contributed by atoms with van der Waals surface area (Å²) < 4.78 is 11.1. The standard InChI is InChI=1S/C24H35N5O6/c1-4-34-18-10-9-17(15-19(18)35-5-2)25-21(31)16-28(3)14-11-20(30)27-29-22(32)24(26-23(29)33)12-7-6-8-13-24/h9-10,15H,4-8,11-14,16H2,1-3H3,(H,25,31)(H,26,33)(H,27,30). The van der Waals surface area contributed by atoms with Crippen molar-refractivity contribution >= 4 is 29.4 Å². The number of nitrogens with one attached hydrogen (secondary N) is 3. The lowest BCUT2D eigenvalue weighted by Gasteiger charge is -2.30. The molecule has 0 radical (unpaired) electrons. The first-order valence-electron chi connectivity index (χ1n) is 12.1. The lowest BCUT2D eigenvalue weighted by Crippen LogP contribution is -2.51. The first-order chi connectivity index (χ1) is 16.8. The minimum atomic E-state index is -0.888. The van der Waals surface area contributed by atoms with Crippen molar-refractivity contribution in [1.82, 2.24) is 20.7 Å². The molecule has 1 saturated carbocycles. The maximum atomic E-state index is 12.8. The molecule has 192 valence electrons. The van der Waals surface area contributed by atoms with Crippen LogP contribution < -0.4 is 25.5 Å². The van der Waals surface area contributed by atoms with E-state index in [0.29, 0.717) is 43.2 Å². The summed E-state index contributed by atoms with van der Waals surface area (Å²) >= 11 is 0. The molecule has 2 fully saturated rings. The lowest BCUT2D eigenvalue weighted by atomic mass is 9.82. The number of ether oxygens (including phenoxy) is 2. The molecule has 0 aromatic heterocycles. The summed E-state index contributed by atoms with van der Waals surface area (Å²) in [6.07, 6.45) is 3.95. The smallest absolute Gasteiger partial charge is 0.344 e. The van der Waals surface area contributed by atoms with Gasteiger partial charge in [0.15, 0.2) is 11.5 Å². The van der Waals surface area contributed by atoms with Crippen LogP contribution in [-0.4, -0.2) is 72.6 Å². The SMILES string of the molecule is CCOc1ccc(NC(=O)CN(C)CCC(=O)NN2C(=O)NC3(CCCCC3)C2=O)cc1OCC. The molecule has 11 nitrogen and oxygen atoms in total. The molecular formula is C24H35N5O6. The molecule has 3 rings (SSSR count). The number of carbonyl (C=O) groups is 4. The van der Waals surface area contributed by atoms with Crippen LogP contribution in [0.5, 0.6) is 11.5 Å². The predicted octanol–water partition coefficient (Wildman–Crippen LogP) is 2.03. The molecule has 5 amide bonds. The molecule has 1 aromatic rings. The number of hydrogen-bond acceptors (Lipinski definition) is 7. The monoisotopic (exact) mass is 489 g/mol. The van der Waals surface area contributed by atoms with E-state index in [1.54, 1.807) is 30.1 Å². The number of urea groups is 1. The molecule has 1 aliphatic heterocycles. The minimum Gasteiger partial charge on any atom is -0.490 e. The average molecular weight is 490 g/mol. The highest BCUT2D eigenvalue weighted by Crippen LogP contribution is 2.33. The van der Waals surface area contributed by atoms with Crippen molar-refractivity contribution in [2.24, 2.45) is 0 Å². The Hall–Kier alpha value is -3.34. The summed E-state index contributed by atoms with van der Waals surface area (Å²) in [6, 6.07) is 4.58. The second-order valence-corrected chi connectivity index (χ2v) is 8.81. The topological polar surface area (TPSA) is 129 Å². The van der Waals surface area contributed by atoms with Gasteiger partial charge in [-0.05, 0) is 45.9 Å². The quantitative estimate of drug-likeness (QED) is 0.406. The first-order valence-corrected chi connectivity index (χ1v) is 12.1. The number of carbonyl (C=O) groups excluding carboxylic acids is 4. The summed E-state index contributed by atoms with van der Waals surface area (Å²) in [5, 5.41) is 6.36. The van der Waals surface area contributed by atoms with Gasteiger partial charge >= 0.3 is 6.03 Å². The van der Waals surface area contributed by atoms with Gasteiger partial charge < -0.3 is 20.1 Å². The van der Waals surface area contributed by atoms with E-state index >= 15 is 0 Å². The van der Waals surface area contributed by atoms with Gasteiger partial charge in [0.25, 0.3) is 5.91 Å². The average Bonchev–Trinajstić information content (AvgIpc) is 3.03. The second-order valence-electron chi connectivity index (χ2n) is 8.81. The summed E-state index contributed by atoms with van der Waals surface area (Å²) in [5.41, 5.74) is 2.10. The number of benzene rings is 1. The molecule has 1 saturated heterocycles. The van der Waals surface area contributed by atoms with Crippen LogP contribution in [0.4, 0.5) is 10.5 Å². The Morgan fingerprint density at radius 3 is 2.43 bits per heavy atom. The van der Waals surface area contributed by atoms with Crippen LogP contribution in [0.2, 0.25) is 0 Å². The molecule has 0 bridgehead atoms. The minimum absolute atomic E-state index is 0.0192. The van der Waals surface area contributed by atoms with Crippen molar-refractivity contribution in [3.63, 3.8) is 0 Å². The number of likely N-dealkylation sites (N-methyl/N-ethyl adjacent to an activating group) is 1. The summed E-state index contributed by atoms with van der Waals surface area (Å²) in [7, 11) is 1.71. The molecule has 1 aliphatic carbocycles. The summed E-state index contributed by atoms with van der Waals surface area (Å²) in [5.74, 6) is 0.0298. The number of imide groups is 1. The molecule has 2 aliphatic rings. The van der Waals surface area contributed by atoms with Crippen molar-refractivity contribution in [2.75, 3.05) is 38.7 Å². The van der Waals surface area contributed by atoms with E-state index in [4.69, 9.17) is 9.47 Å². The maximum absolute atomic E-state index is 12.8. The Morgan fingerprint density at radius 2 is 1.74 bits per heavy atom. The third-order valence-corrected chi connectivity index (χ3v) is 6.07. The van der Waals surface area contributed by atoms with E-state index < -0.39 is 23.4 Å². The maximum Gasteiger partial charge on any atom is 0.344 e. The molecular weight excluding hydrogens is 454 g/mol. The van der Waals surface area contributed by atoms with Crippen molar-refractivity contribution in [2.45, 2.75) is 57.9 Å². The third-order valence-electron chi connectivity index (χ3n) is 6.07. The Balaban J connectivity index is 1.45. The molecule has 0 atom stereocenters. The van der Waals surface area contributed by atoms with Crippen molar-refractivity contribution in [1.29, 1.82) is 0 Å². The highest BCUT2D eigenvalue weighted by Gasteiger charge is 2.52. The Bertz CT molecular complexity index is 946. The molecule has 1 spiro atoms. The number of nitrogens with zero attached hydrogens (tertiary/aromatic N) is 2. The highest BCUT2D eigenvalue weighted by atomic mass is 16.5. The van der Waals surface area contributed by atoms with E-state index in [0.717, 1.165) is 24.3 Å². The Morgan fingerprint density at radius 1 is 1.06 bits per heavy atom. The number of anilines is 1. The predicted molar refractivity (Wildman–Crippen MR) is 129 cm³/mol. The zero-order valence-corrected chi connectivity index (χ0v) is 20.6.